The van der Waals surface area contributed by atoms with E-state index in [4.69, 9.17) is 19.2 Å². The normalized spacial score (nSPS) is 12.3. The first kappa shape index (κ1) is 19.9. The first-order chi connectivity index (χ1) is 14.4. The number of rotatable bonds is 6. The number of aryl methyl sites for hydroxylation is 4. The van der Waals surface area contributed by atoms with Gasteiger partial charge in [-0.05, 0) is 51.0 Å². The number of nitrogens with zero attached hydrogens (tertiary/aromatic N) is 5. The average Bonchev–Trinajstić information content (AvgIpc) is 3.24. The van der Waals surface area contributed by atoms with Gasteiger partial charge in [0.2, 0.25) is 11.8 Å². The molecule has 4 rings (SSSR count). The largest absolute Gasteiger partial charge is 0.497 e. The van der Waals surface area contributed by atoms with Crippen LogP contribution in [-0.4, -0.2) is 37.9 Å². The Morgan fingerprint density at radius 1 is 1.13 bits per heavy atom. The van der Waals surface area contributed by atoms with Gasteiger partial charge >= 0.3 is 0 Å². The standard InChI is InChI=1S/C22H26N6O2/c1-12-9-17(29-6)7-8-18(12)21-15(4)27-28-19(10-13(2)24-22(21)28)23-14(3)11-20-26-25-16(5)30-20/h7-10,14,23H,11H2,1-6H3. The van der Waals surface area contributed by atoms with E-state index in [0.29, 0.717) is 18.2 Å². The molecule has 3 aromatic heterocycles. The molecule has 8 nitrogen and oxygen atoms in total. The van der Waals surface area contributed by atoms with Gasteiger partial charge in [-0.15, -0.1) is 10.2 Å². The van der Waals surface area contributed by atoms with E-state index in [1.165, 1.54) is 0 Å². The zero-order chi connectivity index (χ0) is 21.4. The van der Waals surface area contributed by atoms with Crippen LogP contribution in [0, 0.1) is 27.7 Å². The van der Waals surface area contributed by atoms with Gasteiger partial charge in [-0.1, -0.05) is 6.07 Å². The molecule has 0 saturated carbocycles. The van der Waals surface area contributed by atoms with Crippen LogP contribution < -0.4 is 10.1 Å². The van der Waals surface area contributed by atoms with Gasteiger partial charge < -0.3 is 14.5 Å². The summed E-state index contributed by atoms with van der Waals surface area (Å²) in [5, 5.41) is 16.3. The van der Waals surface area contributed by atoms with Crippen molar-refractivity contribution in [2.24, 2.45) is 0 Å². The van der Waals surface area contributed by atoms with Crippen LogP contribution in [0.5, 0.6) is 5.75 Å². The monoisotopic (exact) mass is 406 g/mol. The Morgan fingerprint density at radius 3 is 2.60 bits per heavy atom. The Balaban J connectivity index is 1.73. The molecule has 1 aromatic carbocycles. The van der Waals surface area contributed by atoms with Crippen molar-refractivity contribution in [3.05, 3.63) is 53.0 Å². The van der Waals surface area contributed by atoms with Crippen LogP contribution in [0.25, 0.3) is 16.8 Å². The Bertz CT molecular complexity index is 1210. The molecule has 0 radical (unpaired) electrons. The summed E-state index contributed by atoms with van der Waals surface area (Å²) in [5.74, 6) is 2.89. The molecule has 0 amide bonds. The van der Waals surface area contributed by atoms with Crippen LogP contribution in [0.15, 0.2) is 28.7 Å². The molecule has 3 heterocycles. The summed E-state index contributed by atoms with van der Waals surface area (Å²) in [7, 11) is 1.68. The van der Waals surface area contributed by atoms with Gasteiger partial charge in [-0.25, -0.2) is 4.98 Å². The van der Waals surface area contributed by atoms with Gasteiger partial charge in [-0.2, -0.15) is 9.61 Å². The first-order valence-corrected chi connectivity index (χ1v) is 9.93. The van der Waals surface area contributed by atoms with Crippen molar-refractivity contribution in [1.29, 1.82) is 0 Å². The summed E-state index contributed by atoms with van der Waals surface area (Å²) < 4.78 is 12.7. The topological polar surface area (TPSA) is 90.4 Å². The minimum Gasteiger partial charge on any atom is -0.497 e. The van der Waals surface area contributed by atoms with Crippen molar-refractivity contribution < 1.29 is 9.15 Å². The van der Waals surface area contributed by atoms with E-state index in [1.54, 1.807) is 14.0 Å². The summed E-state index contributed by atoms with van der Waals surface area (Å²) in [4.78, 5) is 4.80. The van der Waals surface area contributed by atoms with Gasteiger partial charge in [0.05, 0.1) is 12.8 Å². The minimum absolute atomic E-state index is 0.0746. The van der Waals surface area contributed by atoms with Gasteiger partial charge in [0.15, 0.2) is 5.65 Å². The SMILES string of the molecule is COc1ccc(-c2c(C)nn3c(NC(C)Cc4nnc(C)o4)cc(C)nc23)c(C)c1. The van der Waals surface area contributed by atoms with Gasteiger partial charge in [0.1, 0.15) is 11.6 Å². The second kappa shape index (κ2) is 7.78. The lowest BCUT2D eigenvalue weighted by atomic mass is 10.0. The molecule has 1 atom stereocenters. The van der Waals surface area contributed by atoms with E-state index in [-0.39, 0.29) is 6.04 Å². The molecule has 156 valence electrons. The smallest absolute Gasteiger partial charge is 0.218 e. The lowest BCUT2D eigenvalue weighted by Crippen LogP contribution is -2.20. The number of hydrogen-bond donors (Lipinski definition) is 1. The van der Waals surface area contributed by atoms with Gasteiger partial charge in [0, 0.05) is 36.7 Å². The maximum atomic E-state index is 5.51. The summed E-state index contributed by atoms with van der Waals surface area (Å²) >= 11 is 0. The van der Waals surface area contributed by atoms with E-state index in [0.717, 1.165) is 45.3 Å². The van der Waals surface area contributed by atoms with Crippen LogP contribution in [0.1, 0.15) is 35.7 Å². The van der Waals surface area contributed by atoms with Crippen molar-refractivity contribution in [2.75, 3.05) is 12.4 Å². The molecule has 0 spiro atoms. The highest BCUT2D eigenvalue weighted by Gasteiger charge is 2.19. The number of benzene rings is 1. The average molecular weight is 406 g/mol. The number of nitrogens with one attached hydrogen (secondary N) is 1. The third-order valence-electron chi connectivity index (χ3n) is 5.04. The highest BCUT2D eigenvalue weighted by Crippen LogP contribution is 2.33. The van der Waals surface area contributed by atoms with Crippen LogP contribution in [-0.2, 0) is 6.42 Å². The molecule has 0 aliphatic rings. The van der Waals surface area contributed by atoms with Crippen LogP contribution >= 0.6 is 0 Å². The highest BCUT2D eigenvalue weighted by atomic mass is 16.5. The van der Waals surface area contributed by atoms with Crippen LogP contribution in [0.2, 0.25) is 0 Å². The highest BCUT2D eigenvalue weighted by molar-refractivity contribution is 5.83. The predicted octanol–water partition coefficient (Wildman–Crippen LogP) is 4.06. The first-order valence-electron chi connectivity index (χ1n) is 9.93. The van der Waals surface area contributed by atoms with Crippen molar-refractivity contribution in [1.82, 2.24) is 24.8 Å². The maximum absolute atomic E-state index is 5.51. The Kier molecular flexibility index (Phi) is 5.15. The third kappa shape index (κ3) is 3.72. The number of hydrogen-bond acceptors (Lipinski definition) is 7. The second-order valence-corrected chi connectivity index (χ2v) is 7.62. The zero-order valence-corrected chi connectivity index (χ0v) is 18.1. The molecule has 0 aliphatic heterocycles. The fourth-order valence-electron chi connectivity index (χ4n) is 3.69. The molecule has 1 N–H and O–H groups in total. The van der Waals surface area contributed by atoms with Crippen molar-refractivity contribution >= 4 is 11.5 Å². The quantitative estimate of drug-likeness (QED) is 0.516. The summed E-state index contributed by atoms with van der Waals surface area (Å²) in [6.45, 7) is 9.94. The van der Waals surface area contributed by atoms with Crippen molar-refractivity contribution in [3.8, 4) is 16.9 Å². The maximum Gasteiger partial charge on any atom is 0.218 e. The van der Waals surface area contributed by atoms with E-state index < -0.39 is 0 Å². The zero-order valence-electron chi connectivity index (χ0n) is 18.1. The van der Waals surface area contributed by atoms with E-state index in [1.807, 2.05) is 36.6 Å². The second-order valence-electron chi connectivity index (χ2n) is 7.62. The molecule has 0 aliphatic carbocycles. The molecule has 1 unspecified atom stereocenters. The van der Waals surface area contributed by atoms with Crippen molar-refractivity contribution in [3.63, 3.8) is 0 Å². The number of anilines is 1. The predicted molar refractivity (Wildman–Crippen MR) is 115 cm³/mol. The molecule has 0 saturated heterocycles. The van der Waals surface area contributed by atoms with E-state index >= 15 is 0 Å². The van der Waals surface area contributed by atoms with Crippen LogP contribution in [0.4, 0.5) is 5.82 Å². The number of fused-ring (bicyclic) bond motifs is 1. The Morgan fingerprint density at radius 2 is 1.93 bits per heavy atom. The summed E-state index contributed by atoms with van der Waals surface area (Å²) in [5.41, 5.74) is 5.90. The fourth-order valence-corrected chi connectivity index (χ4v) is 3.69. The van der Waals surface area contributed by atoms with Gasteiger partial charge in [0.25, 0.3) is 0 Å². The van der Waals surface area contributed by atoms with Crippen LogP contribution in [0.3, 0.4) is 0 Å². The summed E-state index contributed by atoms with van der Waals surface area (Å²) in [6.07, 6.45) is 0.619. The van der Waals surface area contributed by atoms with Crippen molar-refractivity contribution in [2.45, 2.75) is 47.1 Å². The molecule has 8 heteroatoms. The molecule has 30 heavy (non-hydrogen) atoms. The fraction of sp³-hybridized carbons (Fsp3) is 0.364. The lowest BCUT2D eigenvalue weighted by molar-refractivity contribution is 0.414. The van der Waals surface area contributed by atoms with E-state index in [2.05, 4.69) is 35.4 Å². The molecular weight excluding hydrogens is 380 g/mol. The molecule has 0 bridgehead atoms. The Hall–Kier alpha value is -3.42. The molecule has 4 aromatic rings. The lowest BCUT2D eigenvalue weighted by Gasteiger charge is -2.15. The number of aromatic nitrogens is 5. The third-order valence-corrected chi connectivity index (χ3v) is 5.04. The molecule has 0 fully saturated rings. The number of ether oxygens (including phenoxy) is 1. The van der Waals surface area contributed by atoms with Gasteiger partial charge in [-0.3, -0.25) is 0 Å². The molecular formula is C22H26N6O2. The number of methoxy groups -OCH3 is 1. The van der Waals surface area contributed by atoms with E-state index in [9.17, 15) is 0 Å². The Labute approximate surface area is 175 Å². The summed E-state index contributed by atoms with van der Waals surface area (Å²) in [6, 6.07) is 8.14. The minimum atomic E-state index is 0.0746.